The maximum Gasteiger partial charge on any atom is 0.340 e. The first-order chi connectivity index (χ1) is 9.69. The third kappa shape index (κ3) is 3.94. The van der Waals surface area contributed by atoms with Gasteiger partial charge in [0.15, 0.2) is 18.2 Å². The normalized spacial score (nSPS) is 12.5. The Labute approximate surface area is 114 Å². The van der Waals surface area contributed by atoms with Crippen LogP contribution in [0.15, 0.2) is 23.4 Å². The average Bonchev–Trinajstić information content (AvgIpc) is 2.43. The molecule has 0 fully saturated rings. The molecule has 0 saturated heterocycles. The van der Waals surface area contributed by atoms with Crippen molar-refractivity contribution in [2.45, 2.75) is 12.3 Å². The Hall–Kier alpha value is -2.59. The number of rotatable bonds is 6. The molecule has 0 unspecified atom stereocenters. The van der Waals surface area contributed by atoms with Gasteiger partial charge in [0.05, 0.1) is 4.92 Å². The van der Waals surface area contributed by atoms with Crippen molar-refractivity contribution in [3.8, 4) is 5.75 Å². The first kappa shape index (κ1) is 16.5. The quantitative estimate of drug-likeness (QED) is 0.208. The van der Waals surface area contributed by atoms with Crippen molar-refractivity contribution in [2.24, 2.45) is 10.9 Å². The van der Waals surface area contributed by atoms with Gasteiger partial charge in [0.2, 0.25) is 0 Å². The van der Waals surface area contributed by atoms with Crippen LogP contribution in [0.5, 0.6) is 5.75 Å². The SMILES string of the molecule is N/C(=N/O)c1ccc(OCC(F)(F)C(F)F)c([N+](=O)[O-])c1. The number of hydrogen-bond acceptors (Lipinski definition) is 5. The minimum absolute atomic E-state index is 0.0721. The van der Waals surface area contributed by atoms with Gasteiger partial charge in [-0.3, -0.25) is 10.1 Å². The van der Waals surface area contributed by atoms with Crippen LogP contribution in [0.25, 0.3) is 0 Å². The number of benzene rings is 1. The summed E-state index contributed by atoms with van der Waals surface area (Å²) < 4.78 is 53.7. The number of halogens is 4. The minimum Gasteiger partial charge on any atom is -0.480 e. The molecule has 0 amide bonds. The average molecular weight is 311 g/mol. The summed E-state index contributed by atoms with van der Waals surface area (Å²) in [6.07, 6.45) is -3.96. The molecule has 0 aliphatic heterocycles. The molecule has 11 heteroatoms. The molecule has 21 heavy (non-hydrogen) atoms. The molecule has 7 nitrogen and oxygen atoms in total. The minimum atomic E-state index is -4.45. The van der Waals surface area contributed by atoms with Gasteiger partial charge < -0.3 is 15.7 Å². The van der Waals surface area contributed by atoms with E-state index in [1.165, 1.54) is 0 Å². The molecule has 0 spiro atoms. The summed E-state index contributed by atoms with van der Waals surface area (Å²) in [5.74, 6) is -5.55. The van der Waals surface area contributed by atoms with Crippen LogP contribution in [0.3, 0.4) is 0 Å². The summed E-state index contributed by atoms with van der Waals surface area (Å²) >= 11 is 0. The fraction of sp³-hybridized carbons (Fsp3) is 0.300. The number of hydrogen-bond donors (Lipinski definition) is 2. The van der Waals surface area contributed by atoms with Crippen molar-refractivity contribution in [1.29, 1.82) is 0 Å². The zero-order valence-electron chi connectivity index (χ0n) is 10.2. The van der Waals surface area contributed by atoms with E-state index in [1.54, 1.807) is 0 Å². The van der Waals surface area contributed by atoms with Gasteiger partial charge in [-0.2, -0.15) is 8.78 Å². The Morgan fingerprint density at radius 2 is 2.14 bits per heavy atom. The van der Waals surface area contributed by atoms with E-state index >= 15 is 0 Å². The van der Waals surface area contributed by atoms with Gasteiger partial charge >= 0.3 is 18.0 Å². The monoisotopic (exact) mass is 311 g/mol. The highest BCUT2D eigenvalue weighted by molar-refractivity contribution is 5.97. The first-order valence-electron chi connectivity index (χ1n) is 5.24. The number of nitrogens with zero attached hydrogens (tertiary/aromatic N) is 2. The zero-order valence-corrected chi connectivity index (χ0v) is 10.2. The highest BCUT2D eigenvalue weighted by atomic mass is 19.3. The lowest BCUT2D eigenvalue weighted by Crippen LogP contribution is -2.33. The molecule has 0 aliphatic carbocycles. The molecular weight excluding hydrogens is 302 g/mol. The molecule has 1 aromatic rings. The van der Waals surface area contributed by atoms with E-state index in [9.17, 15) is 27.7 Å². The van der Waals surface area contributed by atoms with Crippen LogP contribution in [-0.4, -0.2) is 34.9 Å². The van der Waals surface area contributed by atoms with E-state index in [1.807, 2.05) is 0 Å². The second-order valence-electron chi connectivity index (χ2n) is 3.78. The van der Waals surface area contributed by atoms with Gasteiger partial charge in [-0.05, 0) is 12.1 Å². The number of nitro benzene ring substituents is 1. The van der Waals surface area contributed by atoms with Crippen LogP contribution in [0.1, 0.15) is 5.56 Å². The van der Waals surface area contributed by atoms with E-state index in [0.29, 0.717) is 0 Å². The molecular formula is C10H9F4N3O4. The number of oxime groups is 1. The van der Waals surface area contributed by atoms with Crippen LogP contribution in [-0.2, 0) is 0 Å². The largest absolute Gasteiger partial charge is 0.480 e. The lowest BCUT2D eigenvalue weighted by molar-refractivity contribution is -0.386. The molecule has 0 aliphatic rings. The van der Waals surface area contributed by atoms with Crippen molar-refractivity contribution in [3.63, 3.8) is 0 Å². The van der Waals surface area contributed by atoms with E-state index in [2.05, 4.69) is 9.89 Å². The smallest absolute Gasteiger partial charge is 0.340 e. The van der Waals surface area contributed by atoms with Crippen LogP contribution in [0.2, 0.25) is 0 Å². The number of amidine groups is 1. The number of nitrogens with two attached hydrogens (primary N) is 1. The van der Waals surface area contributed by atoms with Crippen molar-refractivity contribution in [1.82, 2.24) is 0 Å². The third-order valence-corrected chi connectivity index (χ3v) is 2.30. The Morgan fingerprint density at radius 1 is 1.52 bits per heavy atom. The number of ether oxygens (including phenoxy) is 1. The number of nitro groups is 1. The molecule has 116 valence electrons. The van der Waals surface area contributed by atoms with Gasteiger partial charge in [0, 0.05) is 11.6 Å². The summed E-state index contributed by atoms with van der Waals surface area (Å²) in [4.78, 5) is 9.81. The van der Waals surface area contributed by atoms with Crippen molar-refractivity contribution in [2.75, 3.05) is 6.61 Å². The van der Waals surface area contributed by atoms with Crippen LogP contribution in [0.4, 0.5) is 23.2 Å². The molecule has 0 radical (unpaired) electrons. The summed E-state index contributed by atoms with van der Waals surface area (Å²) in [7, 11) is 0. The van der Waals surface area contributed by atoms with Crippen LogP contribution in [0, 0.1) is 10.1 Å². The summed E-state index contributed by atoms with van der Waals surface area (Å²) in [6.45, 7) is -1.73. The highest BCUT2D eigenvalue weighted by Crippen LogP contribution is 2.30. The predicted molar refractivity (Wildman–Crippen MR) is 62.1 cm³/mol. The zero-order chi connectivity index (χ0) is 16.2. The molecule has 0 saturated carbocycles. The summed E-state index contributed by atoms with van der Waals surface area (Å²) in [5.41, 5.74) is 4.35. The van der Waals surface area contributed by atoms with Crippen molar-refractivity contribution in [3.05, 3.63) is 33.9 Å². The van der Waals surface area contributed by atoms with Crippen molar-refractivity contribution >= 4 is 11.5 Å². The van der Waals surface area contributed by atoms with Crippen LogP contribution >= 0.6 is 0 Å². The highest BCUT2D eigenvalue weighted by Gasteiger charge is 2.42. The van der Waals surface area contributed by atoms with Gasteiger partial charge in [-0.1, -0.05) is 5.16 Å². The maximum atomic E-state index is 12.7. The van der Waals surface area contributed by atoms with E-state index in [-0.39, 0.29) is 5.56 Å². The van der Waals surface area contributed by atoms with Crippen LogP contribution < -0.4 is 10.5 Å². The molecule has 0 heterocycles. The van der Waals surface area contributed by atoms with Crippen molar-refractivity contribution < 1.29 is 32.4 Å². The molecule has 3 N–H and O–H groups in total. The Bertz CT molecular complexity index is 565. The summed E-state index contributed by atoms with van der Waals surface area (Å²) in [5, 5.41) is 21.8. The first-order valence-corrected chi connectivity index (χ1v) is 5.24. The Morgan fingerprint density at radius 3 is 2.62 bits per heavy atom. The molecule has 0 atom stereocenters. The van der Waals surface area contributed by atoms with Gasteiger partial charge in [-0.25, -0.2) is 8.78 Å². The van der Waals surface area contributed by atoms with Gasteiger partial charge in [0.25, 0.3) is 0 Å². The molecule has 1 aromatic carbocycles. The Kier molecular flexibility index (Phi) is 4.89. The topological polar surface area (TPSA) is 111 Å². The van der Waals surface area contributed by atoms with E-state index in [4.69, 9.17) is 10.9 Å². The molecule has 1 rings (SSSR count). The lowest BCUT2D eigenvalue weighted by atomic mass is 10.1. The fourth-order valence-electron chi connectivity index (χ4n) is 1.24. The lowest BCUT2D eigenvalue weighted by Gasteiger charge is -2.16. The molecule has 0 aromatic heterocycles. The van der Waals surface area contributed by atoms with Gasteiger partial charge in [0.1, 0.15) is 0 Å². The Balaban J connectivity index is 3.06. The van der Waals surface area contributed by atoms with E-state index in [0.717, 1.165) is 18.2 Å². The summed E-state index contributed by atoms with van der Waals surface area (Å²) in [6, 6.07) is 2.76. The predicted octanol–water partition coefficient (Wildman–Crippen LogP) is 1.97. The number of alkyl halides is 4. The second-order valence-corrected chi connectivity index (χ2v) is 3.78. The standard InChI is InChI=1S/C10H9F4N3O4/c11-9(12)10(13,14)4-21-7-2-1-5(8(15)16-18)3-6(7)17(19)20/h1-3,9,18H,4H2,(H2,15,16). The molecule has 0 bridgehead atoms. The maximum absolute atomic E-state index is 12.7. The third-order valence-electron chi connectivity index (χ3n) is 2.30. The second kappa shape index (κ2) is 6.24. The van der Waals surface area contributed by atoms with Gasteiger partial charge in [-0.15, -0.1) is 0 Å². The fourth-order valence-corrected chi connectivity index (χ4v) is 1.24. The van der Waals surface area contributed by atoms with E-state index < -0.39 is 41.2 Å².